The Kier molecular flexibility index (Phi) is 4.28. The summed E-state index contributed by atoms with van der Waals surface area (Å²) in [7, 11) is 1.75. The number of fused-ring (bicyclic) bond motifs is 1. The molecule has 1 aliphatic heterocycles. The number of nitrogens with zero attached hydrogens (tertiary/aromatic N) is 1. The summed E-state index contributed by atoms with van der Waals surface area (Å²) in [6.45, 7) is 2.16. The summed E-state index contributed by atoms with van der Waals surface area (Å²) >= 11 is 0. The molecule has 0 radical (unpaired) electrons. The van der Waals surface area contributed by atoms with E-state index < -0.39 is 5.41 Å². The molecule has 2 aliphatic rings. The first-order chi connectivity index (χ1) is 14.5. The standard InChI is InChI=1S/C25H22FNO3/c1-16-5-3-4-6-19(16)20-14-18(8-9-21(20)26)27(2)24(28)25(11-12-25)17-7-10-22-23(13-17)30-15-29-22/h3-10,13-14H,11-12,15H2,1-2H3. The fourth-order valence-corrected chi connectivity index (χ4v) is 4.19. The van der Waals surface area contributed by atoms with Crippen LogP contribution in [0.15, 0.2) is 60.7 Å². The molecule has 1 fully saturated rings. The van der Waals surface area contributed by atoms with Crippen LogP contribution in [0.25, 0.3) is 11.1 Å². The number of carbonyl (C=O) groups is 1. The van der Waals surface area contributed by atoms with E-state index in [1.807, 2.05) is 49.4 Å². The van der Waals surface area contributed by atoms with Crippen LogP contribution in [-0.4, -0.2) is 19.7 Å². The fourth-order valence-electron chi connectivity index (χ4n) is 4.19. The molecule has 0 bridgehead atoms. The van der Waals surface area contributed by atoms with E-state index in [4.69, 9.17) is 9.47 Å². The van der Waals surface area contributed by atoms with Crippen LogP contribution >= 0.6 is 0 Å². The first kappa shape index (κ1) is 18.7. The maximum absolute atomic E-state index is 14.6. The van der Waals surface area contributed by atoms with Crippen molar-refractivity contribution >= 4 is 11.6 Å². The van der Waals surface area contributed by atoms with Crippen LogP contribution in [0.4, 0.5) is 10.1 Å². The van der Waals surface area contributed by atoms with Crippen LogP contribution < -0.4 is 14.4 Å². The molecule has 0 atom stereocenters. The zero-order valence-electron chi connectivity index (χ0n) is 16.9. The van der Waals surface area contributed by atoms with Gasteiger partial charge in [-0.15, -0.1) is 0 Å². The summed E-state index contributed by atoms with van der Waals surface area (Å²) < 4.78 is 25.5. The molecule has 0 saturated heterocycles. The van der Waals surface area contributed by atoms with Gasteiger partial charge in [0.1, 0.15) is 5.82 Å². The second kappa shape index (κ2) is 6.87. The zero-order chi connectivity index (χ0) is 20.9. The molecule has 152 valence electrons. The van der Waals surface area contributed by atoms with Crippen LogP contribution in [0, 0.1) is 12.7 Å². The number of amides is 1. The van der Waals surface area contributed by atoms with Gasteiger partial charge >= 0.3 is 0 Å². The normalized spacial score (nSPS) is 15.7. The lowest BCUT2D eigenvalue weighted by atomic mass is 9.93. The van der Waals surface area contributed by atoms with Crippen LogP contribution in [0.5, 0.6) is 11.5 Å². The van der Waals surface area contributed by atoms with E-state index >= 15 is 0 Å². The van der Waals surface area contributed by atoms with Gasteiger partial charge in [0.05, 0.1) is 5.41 Å². The average Bonchev–Trinajstić information content (AvgIpc) is 3.44. The third-order valence-corrected chi connectivity index (χ3v) is 6.16. The van der Waals surface area contributed by atoms with Crippen molar-refractivity contribution in [1.29, 1.82) is 0 Å². The number of aryl methyl sites for hydroxylation is 1. The minimum atomic E-state index is -0.563. The van der Waals surface area contributed by atoms with Crippen molar-refractivity contribution in [3.63, 3.8) is 0 Å². The summed E-state index contributed by atoms with van der Waals surface area (Å²) in [5.74, 6) is 1.09. The van der Waals surface area contributed by atoms with E-state index in [9.17, 15) is 9.18 Å². The third kappa shape index (κ3) is 2.93. The van der Waals surface area contributed by atoms with Crippen molar-refractivity contribution < 1.29 is 18.7 Å². The van der Waals surface area contributed by atoms with Crippen molar-refractivity contribution in [3.8, 4) is 22.6 Å². The molecular weight excluding hydrogens is 381 g/mol. The smallest absolute Gasteiger partial charge is 0.237 e. The first-order valence-corrected chi connectivity index (χ1v) is 10.0. The fraction of sp³-hybridized carbons (Fsp3) is 0.240. The Morgan fingerprint density at radius 2 is 1.73 bits per heavy atom. The molecule has 4 nitrogen and oxygen atoms in total. The van der Waals surface area contributed by atoms with Crippen LogP contribution in [0.1, 0.15) is 24.0 Å². The molecule has 1 saturated carbocycles. The number of benzene rings is 3. The minimum absolute atomic E-state index is 0.00343. The molecule has 1 heterocycles. The number of anilines is 1. The molecule has 0 N–H and O–H groups in total. The second-order valence-electron chi connectivity index (χ2n) is 7.99. The largest absolute Gasteiger partial charge is 0.454 e. The number of ether oxygens (including phenoxy) is 2. The Morgan fingerprint density at radius 3 is 2.50 bits per heavy atom. The van der Waals surface area contributed by atoms with E-state index in [0.717, 1.165) is 29.5 Å². The molecule has 30 heavy (non-hydrogen) atoms. The molecule has 3 aromatic rings. The lowest BCUT2D eigenvalue weighted by Crippen LogP contribution is -2.36. The van der Waals surface area contributed by atoms with E-state index in [2.05, 4.69) is 0 Å². The molecule has 5 heteroatoms. The number of hydrogen-bond acceptors (Lipinski definition) is 3. The molecule has 0 unspecified atom stereocenters. The lowest BCUT2D eigenvalue weighted by Gasteiger charge is -2.25. The van der Waals surface area contributed by atoms with Gasteiger partial charge in [-0.3, -0.25) is 4.79 Å². The monoisotopic (exact) mass is 403 g/mol. The van der Waals surface area contributed by atoms with Crippen molar-refractivity contribution in [2.45, 2.75) is 25.2 Å². The molecule has 1 amide bonds. The van der Waals surface area contributed by atoms with Gasteiger partial charge in [0, 0.05) is 18.3 Å². The molecule has 0 spiro atoms. The van der Waals surface area contributed by atoms with Gasteiger partial charge in [0.2, 0.25) is 12.7 Å². The predicted molar refractivity (Wildman–Crippen MR) is 113 cm³/mol. The molecule has 3 aromatic carbocycles. The Bertz CT molecular complexity index is 1150. The number of halogens is 1. The van der Waals surface area contributed by atoms with E-state index in [0.29, 0.717) is 22.7 Å². The summed E-state index contributed by atoms with van der Waals surface area (Å²) in [4.78, 5) is 15.1. The number of carbonyl (C=O) groups excluding carboxylic acids is 1. The number of hydrogen-bond donors (Lipinski definition) is 0. The summed E-state index contributed by atoms with van der Waals surface area (Å²) in [6, 6.07) is 18.2. The van der Waals surface area contributed by atoms with Gasteiger partial charge < -0.3 is 14.4 Å². The van der Waals surface area contributed by atoms with Gasteiger partial charge in [-0.2, -0.15) is 0 Å². The summed E-state index contributed by atoms with van der Waals surface area (Å²) in [6.07, 6.45) is 1.56. The predicted octanol–water partition coefficient (Wildman–Crippen LogP) is 5.22. The minimum Gasteiger partial charge on any atom is -0.454 e. The van der Waals surface area contributed by atoms with Gasteiger partial charge in [-0.05, 0) is 66.8 Å². The molecule has 0 aromatic heterocycles. The summed E-state index contributed by atoms with van der Waals surface area (Å²) in [5, 5.41) is 0. The van der Waals surface area contributed by atoms with Gasteiger partial charge in [-0.25, -0.2) is 4.39 Å². The third-order valence-electron chi connectivity index (χ3n) is 6.16. The number of rotatable bonds is 4. The van der Waals surface area contributed by atoms with Crippen molar-refractivity contribution in [2.24, 2.45) is 0 Å². The highest BCUT2D eigenvalue weighted by Crippen LogP contribution is 2.52. The van der Waals surface area contributed by atoms with Gasteiger partial charge in [0.15, 0.2) is 11.5 Å². The topological polar surface area (TPSA) is 38.8 Å². The Hall–Kier alpha value is -3.34. The van der Waals surface area contributed by atoms with Crippen molar-refractivity contribution in [1.82, 2.24) is 0 Å². The molecule has 5 rings (SSSR count). The van der Waals surface area contributed by atoms with Crippen LogP contribution in [0.2, 0.25) is 0 Å². The number of likely N-dealkylation sites (N-methyl/N-ethyl adjacent to an activating group) is 1. The van der Waals surface area contributed by atoms with E-state index in [-0.39, 0.29) is 18.5 Å². The Labute approximate surface area is 174 Å². The highest BCUT2D eigenvalue weighted by Gasteiger charge is 2.53. The maximum Gasteiger partial charge on any atom is 0.237 e. The van der Waals surface area contributed by atoms with Gasteiger partial charge in [0.25, 0.3) is 0 Å². The first-order valence-electron chi connectivity index (χ1n) is 10.0. The Balaban J connectivity index is 1.48. The van der Waals surface area contributed by atoms with Crippen LogP contribution in [-0.2, 0) is 10.2 Å². The second-order valence-corrected chi connectivity index (χ2v) is 7.99. The van der Waals surface area contributed by atoms with E-state index in [1.165, 1.54) is 6.07 Å². The maximum atomic E-state index is 14.6. The highest BCUT2D eigenvalue weighted by atomic mass is 19.1. The van der Waals surface area contributed by atoms with Crippen molar-refractivity contribution in [2.75, 3.05) is 18.7 Å². The Morgan fingerprint density at radius 1 is 0.967 bits per heavy atom. The quantitative estimate of drug-likeness (QED) is 0.599. The van der Waals surface area contributed by atoms with Gasteiger partial charge in [-0.1, -0.05) is 30.3 Å². The average molecular weight is 403 g/mol. The zero-order valence-corrected chi connectivity index (χ0v) is 16.9. The SMILES string of the molecule is Cc1ccccc1-c1cc(N(C)C(=O)C2(c3ccc4c(c3)OCO4)CC2)ccc1F. The van der Waals surface area contributed by atoms with E-state index in [1.54, 1.807) is 24.1 Å². The summed E-state index contributed by atoms with van der Waals surface area (Å²) in [5.41, 5.74) is 3.36. The molecular formula is C25H22FNO3. The van der Waals surface area contributed by atoms with Crippen LogP contribution in [0.3, 0.4) is 0 Å². The highest BCUT2D eigenvalue weighted by molar-refractivity contribution is 6.03. The molecule has 1 aliphatic carbocycles. The van der Waals surface area contributed by atoms with Crippen molar-refractivity contribution in [3.05, 3.63) is 77.6 Å². The lowest BCUT2D eigenvalue weighted by molar-refractivity contribution is -0.120.